The number of ether oxygens (including phenoxy) is 2. The lowest BCUT2D eigenvalue weighted by atomic mass is 9.69. The Morgan fingerprint density at radius 1 is 1.23 bits per heavy atom. The number of hydrogen-bond acceptors (Lipinski definition) is 7. The van der Waals surface area contributed by atoms with E-state index in [0.717, 1.165) is 29.1 Å². The highest BCUT2D eigenvalue weighted by atomic mass is 32.2. The zero-order valence-corrected chi connectivity index (χ0v) is 19.1. The summed E-state index contributed by atoms with van der Waals surface area (Å²) in [6.07, 6.45) is 1.92. The average molecular weight is 449 g/mol. The van der Waals surface area contributed by atoms with Crippen molar-refractivity contribution >= 4 is 21.6 Å². The lowest BCUT2D eigenvalue weighted by Gasteiger charge is -2.37. The molecule has 0 radical (unpaired) electrons. The van der Waals surface area contributed by atoms with Crippen molar-refractivity contribution in [3.63, 3.8) is 0 Å². The normalized spacial score (nSPS) is 34.3. The summed E-state index contributed by atoms with van der Waals surface area (Å²) in [6.45, 7) is 4.33. The van der Waals surface area contributed by atoms with Gasteiger partial charge in [0.1, 0.15) is 0 Å². The Bertz CT molecular complexity index is 1080. The number of hydrogen-bond donors (Lipinski definition) is 0. The smallest absolute Gasteiger partial charge is 0.280 e. The summed E-state index contributed by atoms with van der Waals surface area (Å²) in [5.74, 6) is 1.14. The molecule has 1 amide bonds. The Morgan fingerprint density at radius 3 is 2.65 bits per heavy atom. The Labute approximate surface area is 182 Å². The number of amides is 1. The van der Waals surface area contributed by atoms with E-state index in [1.807, 2.05) is 6.07 Å². The lowest BCUT2D eigenvalue weighted by molar-refractivity contribution is -0.139. The molecule has 2 aliphatic heterocycles. The zero-order valence-electron chi connectivity index (χ0n) is 18.3. The van der Waals surface area contributed by atoms with E-state index in [2.05, 4.69) is 19.0 Å². The largest absolute Gasteiger partial charge is 0.493 e. The average Bonchev–Trinajstić information content (AvgIpc) is 3.42. The van der Waals surface area contributed by atoms with Gasteiger partial charge >= 0.3 is 0 Å². The molecule has 2 bridgehead atoms. The van der Waals surface area contributed by atoms with E-state index in [9.17, 15) is 13.2 Å². The molecule has 168 valence electrons. The summed E-state index contributed by atoms with van der Waals surface area (Å²) >= 11 is 0. The van der Waals surface area contributed by atoms with Gasteiger partial charge in [0.05, 0.1) is 31.7 Å². The number of carbonyl (C=O) groups is 1. The Kier molecular flexibility index (Phi) is 4.39. The van der Waals surface area contributed by atoms with E-state index < -0.39 is 22.0 Å². The third-order valence-electron chi connectivity index (χ3n) is 8.29. The van der Waals surface area contributed by atoms with Crippen LogP contribution < -0.4 is 9.47 Å². The molecule has 4 atom stereocenters. The highest BCUT2D eigenvalue weighted by molar-refractivity contribution is 7.90. The van der Waals surface area contributed by atoms with Crippen LogP contribution in [0.25, 0.3) is 0 Å². The van der Waals surface area contributed by atoms with Crippen molar-refractivity contribution < 1.29 is 27.5 Å². The minimum Gasteiger partial charge on any atom is -0.493 e. The zero-order chi connectivity index (χ0) is 22.2. The molecule has 2 heterocycles. The molecule has 0 N–H and O–H groups in total. The molecule has 9 heteroatoms. The van der Waals surface area contributed by atoms with Gasteiger partial charge in [-0.15, -0.1) is 0 Å². The molecule has 31 heavy (non-hydrogen) atoms. The summed E-state index contributed by atoms with van der Waals surface area (Å²) in [4.78, 5) is 18.9. The summed E-state index contributed by atoms with van der Waals surface area (Å²) in [5, 5.41) is 4.10. The third kappa shape index (κ3) is 2.68. The van der Waals surface area contributed by atoms with Crippen LogP contribution in [-0.4, -0.2) is 56.5 Å². The standard InChI is InChI=1S/C22H28N2O6S/c1-21(2)14-7-8-22(21)12-31(26,27)24(19(22)10-14)20(25)18-11-15(23-30-18)13-5-6-16(28-3)17(9-13)29-4/h5-6,9,14,18-19H,7-8,10-12H2,1-4H3/t14-,18-,19-,22-/m0/s1. The molecule has 1 aromatic rings. The van der Waals surface area contributed by atoms with Crippen LogP contribution in [0.4, 0.5) is 0 Å². The van der Waals surface area contributed by atoms with Crippen molar-refractivity contribution in [2.24, 2.45) is 21.9 Å². The summed E-state index contributed by atoms with van der Waals surface area (Å²) in [7, 11) is -0.578. The van der Waals surface area contributed by atoms with Crippen molar-refractivity contribution in [1.29, 1.82) is 0 Å². The van der Waals surface area contributed by atoms with Crippen LogP contribution in [-0.2, 0) is 19.7 Å². The van der Waals surface area contributed by atoms with Gasteiger partial charge in [0.2, 0.25) is 16.1 Å². The predicted molar refractivity (Wildman–Crippen MR) is 114 cm³/mol. The molecule has 1 aromatic carbocycles. The van der Waals surface area contributed by atoms with Crippen molar-refractivity contribution in [1.82, 2.24) is 4.31 Å². The van der Waals surface area contributed by atoms with E-state index in [1.54, 1.807) is 26.4 Å². The van der Waals surface area contributed by atoms with Gasteiger partial charge < -0.3 is 14.3 Å². The van der Waals surface area contributed by atoms with E-state index in [4.69, 9.17) is 14.3 Å². The molecular weight excluding hydrogens is 420 g/mol. The first-order valence-corrected chi connectivity index (χ1v) is 12.3. The molecule has 3 fully saturated rings. The van der Waals surface area contributed by atoms with Crippen LogP contribution in [0.1, 0.15) is 45.1 Å². The maximum atomic E-state index is 13.4. The van der Waals surface area contributed by atoms with Crippen LogP contribution in [0.5, 0.6) is 11.5 Å². The molecule has 2 saturated carbocycles. The van der Waals surface area contributed by atoms with E-state index >= 15 is 0 Å². The molecule has 8 nitrogen and oxygen atoms in total. The maximum Gasteiger partial charge on any atom is 0.280 e. The number of sulfonamides is 1. The molecule has 5 rings (SSSR count). The second-order valence-corrected chi connectivity index (χ2v) is 11.5. The summed E-state index contributed by atoms with van der Waals surface area (Å²) in [6, 6.07) is 5.08. The van der Waals surface area contributed by atoms with E-state index in [0.29, 0.717) is 23.1 Å². The van der Waals surface area contributed by atoms with Crippen LogP contribution in [0.2, 0.25) is 0 Å². The van der Waals surface area contributed by atoms with E-state index in [1.165, 1.54) is 0 Å². The number of methoxy groups -OCH3 is 2. The molecule has 2 aliphatic carbocycles. The van der Waals surface area contributed by atoms with Gasteiger partial charge in [-0.1, -0.05) is 19.0 Å². The fourth-order valence-corrected chi connectivity index (χ4v) is 8.98. The van der Waals surface area contributed by atoms with Gasteiger partial charge in [-0.05, 0) is 48.8 Å². The molecule has 0 aromatic heterocycles. The van der Waals surface area contributed by atoms with Crippen LogP contribution >= 0.6 is 0 Å². The summed E-state index contributed by atoms with van der Waals surface area (Å²) in [5.41, 5.74) is 0.892. The van der Waals surface area contributed by atoms with Crippen LogP contribution in [0, 0.1) is 16.7 Å². The molecule has 1 saturated heterocycles. The SMILES string of the molecule is COc1ccc(C2=NO[C@H](C(=O)N3[C@H]4C[C@@H]5CC[C@@]4(CS3(=O)=O)C5(C)C)C2)cc1OC. The first-order chi connectivity index (χ1) is 14.6. The van der Waals surface area contributed by atoms with E-state index in [-0.39, 0.29) is 29.0 Å². The first kappa shape index (κ1) is 20.6. The lowest BCUT2D eigenvalue weighted by Crippen LogP contribution is -2.47. The first-order valence-electron chi connectivity index (χ1n) is 10.7. The Hall–Kier alpha value is -2.29. The van der Waals surface area contributed by atoms with Crippen LogP contribution in [0.15, 0.2) is 23.4 Å². The summed E-state index contributed by atoms with van der Waals surface area (Å²) < 4.78 is 38.0. The maximum absolute atomic E-state index is 13.4. The van der Waals surface area contributed by atoms with Crippen molar-refractivity contribution in [3.05, 3.63) is 23.8 Å². The second kappa shape index (κ2) is 6.60. The highest BCUT2D eigenvalue weighted by Gasteiger charge is 2.72. The van der Waals surface area contributed by atoms with Crippen LogP contribution in [0.3, 0.4) is 0 Å². The minimum absolute atomic E-state index is 0.0516. The van der Waals surface area contributed by atoms with Crippen molar-refractivity contribution in [2.45, 2.75) is 51.7 Å². The molecule has 0 unspecified atom stereocenters. The monoisotopic (exact) mass is 448 g/mol. The molecular formula is C22H28N2O6S. The quantitative estimate of drug-likeness (QED) is 0.703. The van der Waals surface area contributed by atoms with Gasteiger partial charge in [0.15, 0.2) is 11.5 Å². The number of oxime groups is 1. The molecule has 1 spiro atoms. The fraction of sp³-hybridized carbons (Fsp3) is 0.636. The number of nitrogens with zero attached hydrogens (tertiary/aromatic N) is 2. The Morgan fingerprint density at radius 2 is 1.97 bits per heavy atom. The fourth-order valence-electron chi connectivity index (χ4n) is 6.42. The number of benzene rings is 1. The number of rotatable bonds is 4. The van der Waals surface area contributed by atoms with Gasteiger partial charge in [-0.3, -0.25) is 4.79 Å². The minimum atomic E-state index is -3.68. The predicted octanol–water partition coefficient (Wildman–Crippen LogP) is 2.56. The van der Waals surface area contributed by atoms with Crippen molar-refractivity contribution in [3.8, 4) is 11.5 Å². The molecule has 4 aliphatic rings. The number of carbonyl (C=O) groups excluding carboxylic acids is 1. The Balaban J connectivity index is 1.38. The third-order valence-corrected chi connectivity index (χ3v) is 10.2. The van der Waals surface area contributed by atoms with Crippen molar-refractivity contribution in [2.75, 3.05) is 20.0 Å². The highest BCUT2D eigenvalue weighted by Crippen LogP contribution is 2.70. The van der Waals surface area contributed by atoms with Gasteiger partial charge in [-0.25, -0.2) is 12.7 Å². The van der Waals surface area contributed by atoms with Gasteiger partial charge in [-0.2, -0.15) is 0 Å². The topological polar surface area (TPSA) is 94.5 Å². The second-order valence-electron chi connectivity index (χ2n) is 9.66. The van der Waals surface area contributed by atoms with Gasteiger partial charge in [0.25, 0.3) is 5.91 Å². The van der Waals surface area contributed by atoms with Gasteiger partial charge in [0, 0.05) is 17.4 Å². The number of fused-ring (bicyclic) bond motifs is 1.